The van der Waals surface area contributed by atoms with Crippen LogP contribution in [0.3, 0.4) is 0 Å². The van der Waals surface area contributed by atoms with Crippen LogP contribution in [0.25, 0.3) is 0 Å². The molecule has 3 atom stereocenters. The monoisotopic (exact) mass is 530 g/mol. The number of nitrogens with zero attached hydrogens (tertiary/aromatic N) is 2. The molecule has 5 rings (SSSR count). The fourth-order valence-corrected chi connectivity index (χ4v) is 6.99. The summed E-state index contributed by atoms with van der Waals surface area (Å²) in [4.78, 5) is 17.9. The van der Waals surface area contributed by atoms with E-state index >= 15 is 0 Å². The van der Waals surface area contributed by atoms with Gasteiger partial charge in [-0.3, -0.25) is 4.79 Å². The molecule has 7 heteroatoms. The Morgan fingerprint density at radius 1 is 1.14 bits per heavy atom. The van der Waals surface area contributed by atoms with Crippen LogP contribution in [0.5, 0.6) is 5.75 Å². The number of methoxy groups -OCH3 is 1. The molecule has 2 saturated carbocycles. The molecule has 5 nitrogen and oxygen atoms in total. The number of fused-ring (bicyclic) bond motifs is 1. The van der Waals surface area contributed by atoms with Crippen LogP contribution in [0, 0.1) is 5.92 Å². The number of rotatable bonds is 7. The maximum atomic E-state index is 13.4. The largest absolute Gasteiger partial charge is 0.508 e. The van der Waals surface area contributed by atoms with Gasteiger partial charge in [-0.2, -0.15) is 0 Å². The normalized spacial score (nSPS) is 28.5. The van der Waals surface area contributed by atoms with Crippen molar-refractivity contribution in [2.24, 2.45) is 5.92 Å². The van der Waals surface area contributed by atoms with Crippen molar-refractivity contribution in [3.8, 4) is 5.75 Å². The first kappa shape index (κ1) is 25.8. The second-order valence-electron chi connectivity index (χ2n) is 11.1. The van der Waals surface area contributed by atoms with Gasteiger partial charge in [0.1, 0.15) is 5.75 Å². The van der Waals surface area contributed by atoms with E-state index in [0.29, 0.717) is 10.0 Å². The van der Waals surface area contributed by atoms with Crippen molar-refractivity contribution in [3.05, 3.63) is 63.6 Å². The Labute approximate surface area is 224 Å². The molecule has 1 amide bonds. The Balaban J connectivity index is 1.41. The lowest BCUT2D eigenvalue weighted by molar-refractivity contribution is -0.160. The van der Waals surface area contributed by atoms with Gasteiger partial charge >= 0.3 is 0 Å². The molecule has 2 aromatic rings. The van der Waals surface area contributed by atoms with E-state index in [1.54, 1.807) is 18.2 Å². The van der Waals surface area contributed by atoms with E-state index < -0.39 is 0 Å². The minimum absolute atomic E-state index is 0.0699. The molecule has 3 aliphatic rings. The summed E-state index contributed by atoms with van der Waals surface area (Å²) >= 11 is 12.2. The summed E-state index contributed by atoms with van der Waals surface area (Å²) in [5.41, 5.74) is 1.35. The summed E-state index contributed by atoms with van der Waals surface area (Å²) in [6.45, 7) is 3.04. The van der Waals surface area contributed by atoms with Crippen LogP contribution in [0.4, 0.5) is 0 Å². The average Bonchev–Trinajstić information content (AvgIpc) is 3.69. The first-order chi connectivity index (χ1) is 17.2. The molecule has 0 bridgehead atoms. The molecular formula is C29H36Cl2N2O3. The zero-order valence-corrected chi connectivity index (χ0v) is 22.7. The van der Waals surface area contributed by atoms with Gasteiger partial charge < -0.3 is 19.6 Å². The standard InChI is InChI=1S/C29H36Cl2N2O3/c1-32(27(35)15-21-8-9-25(30)26(31)14-21)23-10-11-29(36-2)19-33(18-20-6-7-20)13-12-28(29,17-23)22-4-3-5-24(34)16-22/h3-5,8-9,14,16,20,23,34H,6-7,10-13,15,17-19H2,1-2H3. The number of halogens is 2. The smallest absolute Gasteiger partial charge is 0.226 e. The zero-order valence-electron chi connectivity index (χ0n) is 21.2. The Kier molecular flexibility index (Phi) is 7.30. The predicted octanol–water partition coefficient (Wildman–Crippen LogP) is 5.69. The lowest BCUT2D eigenvalue weighted by atomic mass is 9.55. The lowest BCUT2D eigenvalue weighted by Crippen LogP contribution is -2.68. The summed E-state index contributed by atoms with van der Waals surface area (Å²) in [5.74, 6) is 1.17. The van der Waals surface area contributed by atoms with Gasteiger partial charge in [-0.15, -0.1) is 0 Å². The van der Waals surface area contributed by atoms with Gasteiger partial charge in [-0.05, 0) is 86.4 Å². The molecule has 36 heavy (non-hydrogen) atoms. The molecule has 0 spiro atoms. The van der Waals surface area contributed by atoms with E-state index in [-0.39, 0.29) is 35.1 Å². The Morgan fingerprint density at radius 2 is 1.94 bits per heavy atom. The lowest BCUT2D eigenvalue weighted by Gasteiger charge is -2.60. The van der Waals surface area contributed by atoms with Crippen molar-refractivity contribution in [1.82, 2.24) is 9.80 Å². The number of piperidine rings is 1. The van der Waals surface area contributed by atoms with Gasteiger partial charge in [0.25, 0.3) is 0 Å². The van der Waals surface area contributed by atoms with Crippen molar-refractivity contribution in [1.29, 1.82) is 0 Å². The van der Waals surface area contributed by atoms with E-state index in [0.717, 1.165) is 62.4 Å². The van der Waals surface area contributed by atoms with Gasteiger partial charge in [-0.1, -0.05) is 41.4 Å². The highest BCUT2D eigenvalue weighted by Gasteiger charge is 2.59. The number of hydrogen-bond acceptors (Lipinski definition) is 4. The van der Waals surface area contributed by atoms with Crippen LogP contribution in [-0.2, 0) is 21.4 Å². The van der Waals surface area contributed by atoms with Crippen LogP contribution < -0.4 is 0 Å². The Bertz CT molecular complexity index is 1120. The van der Waals surface area contributed by atoms with Gasteiger partial charge in [0.05, 0.1) is 22.1 Å². The van der Waals surface area contributed by atoms with Crippen LogP contribution in [0.2, 0.25) is 10.0 Å². The number of aromatic hydroxyl groups is 1. The maximum absolute atomic E-state index is 13.4. The third kappa shape index (κ3) is 4.88. The van der Waals surface area contributed by atoms with E-state index in [4.69, 9.17) is 27.9 Å². The molecule has 0 aromatic heterocycles. The quantitative estimate of drug-likeness (QED) is 0.499. The fraction of sp³-hybridized carbons (Fsp3) is 0.552. The molecule has 1 aliphatic heterocycles. The molecule has 3 unspecified atom stereocenters. The van der Waals surface area contributed by atoms with Crippen LogP contribution in [-0.4, -0.2) is 66.2 Å². The summed E-state index contributed by atoms with van der Waals surface area (Å²) in [7, 11) is 3.76. The third-order valence-corrected chi connectivity index (χ3v) is 9.69. The van der Waals surface area contributed by atoms with Gasteiger partial charge in [0.2, 0.25) is 5.91 Å². The number of phenolic OH excluding ortho intramolecular Hbond substituents is 1. The van der Waals surface area contributed by atoms with Crippen molar-refractivity contribution in [2.45, 2.75) is 62.0 Å². The highest BCUT2D eigenvalue weighted by atomic mass is 35.5. The van der Waals surface area contributed by atoms with E-state index in [2.05, 4.69) is 11.0 Å². The predicted molar refractivity (Wildman–Crippen MR) is 144 cm³/mol. The van der Waals surface area contributed by atoms with Gasteiger partial charge in [0.15, 0.2) is 0 Å². The number of ether oxygens (including phenoxy) is 1. The van der Waals surface area contributed by atoms with Gasteiger partial charge in [-0.25, -0.2) is 0 Å². The number of likely N-dealkylation sites (tertiary alicyclic amines) is 1. The maximum Gasteiger partial charge on any atom is 0.226 e. The van der Waals surface area contributed by atoms with Crippen LogP contribution in [0.15, 0.2) is 42.5 Å². The molecule has 1 heterocycles. The molecule has 1 saturated heterocycles. The third-order valence-electron chi connectivity index (χ3n) is 8.95. The zero-order chi connectivity index (χ0) is 25.5. The van der Waals surface area contributed by atoms with E-state index in [1.807, 2.05) is 37.3 Å². The first-order valence-corrected chi connectivity index (χ1v) is 13.8. The van der Waals surface area contributed by atoms with Crippen molar-refractivity contribution in [2.75, 3.05) is 33.8 Å². The number of phenols is 1. The second-order valence-corrected chi connectivity index (χ2v) is 11.9. The average molecular weight is 532 g/mol. The SMILES string of the molecule is COC12CCC(N(C)C(=O)Cc3ccc(Cl)c(Cl)c3)CC1(c1cccc(O)c1)CCN(CC1CC1)C2. The second kappa shape index (κ2) is 10.2. The summed E-state index contributed by atoms with van der Waals surface area (Å²) < 4.78 is 6.47. The van der Waals surface area contributed by atoms with Crippen molar-refractivity contribution in [3.63, 3.8) is 0 Å². The number of amides is 1. The summed E-state index contributed by atoms with van der Waals surface area (Å²) in [6.07, 6.45) is 6.47. The van der Waals surface area contributed by atoms with Crippen LogP contribution >= 0.6 is 23.2 Å². The summed E-state index contributed by atoms with van der Waals surface area (Å²) in [5, 5.41) is 11.4. The van der Waals surface area contributed by atoms with E-state index in [9.17, 15) is 9.90 Å². The number of carbonyl (C=O) groups excluding carboxylic acids is 1. The molecule has 0 radical (unpaired) electrons. The molecule has 194 valence electrons. The van der Waals surface area contributed by atoms with E-state index in [1.165, 1.54) is 12.8 Å². The molecule has 2 aliphatic carbocycles. The molecule has 1 N–H and O–H groups in total. The summed E-state index contributed by atoms with van der Waals surface area (Å²) in [6, 6.07) is 13.2. The molecular weight excluding hydrogens is 495 g/mol. The number of hydrogen-bond donors (Lipinski definition) is 1. The van der Waals surface area contributed by atoms with Crippen molar-refractivity contribution < 1.29 is 14.6 Å². The first-order valence-electron chi connectivity index (χ1n) is 13.0. The number of benzene rings is 2. The topological polar surface area (TPSA) is 53.0 Å². The molecule has 2 aromatic carbocycles. The number of carbonyl (C=O) groups is 1. The fourth-order valence-electron chi connectivity index (χ4n) is 6.67. The highest BCUT2D eigenvalue weighted by molar-refractivity contribution is 6.42. The van der Waals surface area contributed by atoms with Crippen LogP contribution in [0.1, 0.15) is 49.7 Å². The number of likely N-dealkylation sites (N-methyl/N-ethyl adjacent to an activating group) is 1. The minimum atomic E-state index is -0.349. The Morgan fingerprint density at radius 3 is 2.64 bits per heavy atom. The molecule has 3 fully saturated rings. The highest BCUT2D eigenvalue weighted by Crippen LogP contribution is 2.54. The van der Waals surface area contributed by atoms with Crippen molar-refractivity contribution >= 4 is 29.1 Å². The Hall–Kier alpha value is -1.79. The minimum Gasteiger partial charge on any atom is -0.508 e. The van der Waals surface area contributed by atoms with Gasteiger partial charge in [0, 0.05) is 38.7 Å².